The number of benzene rings is 1. The van der Waals surface area contributed by atoms with E-state index < -0.39 is 11.8 Å². The summed E-state index contributed by atoms with van der Waals surface area (Å²) in [7, 11) is 1.22. The predicted octanol–water partition coefficient (Wildman–Crippen LogP) is 2.87. The van der Waals surface area contributed by atoms with E-state index in [9.17, 15) is 9.18 Å². The van der Waals surface area contributed by atoms with E-state index in [0.29, 0.717) is 17.9 Å². The van der Waals surface area contributed by atoms with Crippen LogP contribution in [0.1, 0.15) is 15.2 Å². The van der Waals surface area contributed by atoms with E-state index in [-0.39, 0.29) is 5.56 Å². The van der Waals surface area contributed by atoms with Gasteiger partial charge in [0.25, 0.3) is 0 Å². The van der Waals surface area contributed by atoms with Gasteiger partial charge in [0.1, 0.15) is 5.82 Å². The molecular weight excluding hydrogens is 267 g/mol. The van der Waals surface area contributed by atoms with Gasteiger partial charge in [-0.05, 0) is 29.6 Å². The monoisotopic (exact) mass is 280 g/mol. The van der Waals surface area contributed by atoms with Gasteiger partial charge in [0.2, 0.25) is 0 Å². The Morgan fingerprint density at radius 3 is 2.89 bits per heavy atom. The normalized spacial score (nSPS) is 10.2. The van der Waals surface area contributed by atoms with Crippen molar-refractivity contribution < 1.29 is 13.9 Å². The number of thiophene rings is 1. The number of methoxy groups -OCH3 is 1. The molecule has 0 fully saturated rings. The van der Waals surface area contributed by atoms with Crippen LogP contribution < -0.4 is 11.1 Å². The quantitative estimate of drug-likeness (QED) is 0.845. The van der Waals surface area contributed by atoms with Gasteiger partial charge in [-0.3, -0.25) is 0 Å². The van der Waals surface area contributed by atoms with Crippen molar-refractivity contribution in [3.8, 4) is 0 Å². The molecule has 0 aliphatic rings. The Hall–Kier alpha value is -2.08. The molecule has 0 amide bonds. The minimum Gasteiger partial charge on any atom is -0.465 e. The number of ether oxygens (including phenoxy) is 1. The number of nitrogen functional groups attached to an aromatic ring is 1. The lowest BCUT2D eigenvalue weighted by Gasteiger charge is -2.08. The molecule has 0 aliphatic carbocycles. The molecule has 6 heteroatoms. The van der Waals surface area contributed by atoms with E-state index in [1.54, 1.807) is 6.07 Å². The van der Waals surface area contributed by atoms with Crippen LogP contribution in [0.4, 0.5) is 15.8 Å². The van der Waals surface area contributed by atoms with Gasteiger partial charge in [-0.15, -0.1) is 11.3 Å². The van der Waals surface area contributed by atoms with Crippen LogP contribution in [0.25, 0.3) is 0 Å². The highest BCUT2D eigenvalue weighted by Crippen LogP contribution is 2.21. The number of esters is 1. The molecule has 100 valence electrons. The summed E-state index contributed by atoms with van der Waals surface area (Å²) in [4.78, 5) is 12.4. The number of carbonyl (C=O) groups is 1. The third-order valence-electron chi connectivity index (χ3n) is 2.60. The predicted molar refractivity (Wildman–Crippen MR) is 73.8 cm³/mol. The van der Waals surface area contributed by atoms with Crippen molar-refractivity contribution in [1.29, 1.82) is 0 Å². The maximum Gasteiger partial charge on any atom is 0.340 e. The molecule has 3 N–H and O–H groups in total. The van der Waals surface area contributed by atoms with E-state index in [4.69, 9.17) is 5.73 Å². The zero-order chi connectivity index (χ0) is 13.8. The first-order valence-electron chi connectivity index (χ1n) is 5.55. The van der Waals surface area contributed by atoms with Crippen molar-refractivity contribution in [2.75, 3.05) is 18.2 Å². The molecule has 0 spiro atoms. The second kappa shape index (κ2) is 5.71. The Labute approximate surface area is 114 Å². The van der Waals surface area contributed by atoms with E-state index in [1.807, 2.05) is 11.4 Å². The van der Waals surface area contributed by atoms with Gasteiger partial charge in [-0.1, -0.05) is 0 Å². The lowest BCUT2D eigenvalue weighted by Crippen LogP contribution is -2.06. The molecule has 0 radical (unpaired) electrons. The second-order valence-corrected chi connectivity index (χ2v) is 4.84. The van der Waals surface area contributed by atoms with E-state index >= 15 is 0 Å². The summed E-state index contributed by atoms with van der Waals surface area (Å²) in [5.41, 5.74) is 7.02. The highest BCUT2D eigenvalue weighted by atomic mass is 32.1. The fraction of sp³-hybridized carbons (Fsp3) is 0.154. The molecule has 1 aromatic carbocycles. The van der Waals surface area contributed by atoms with Crippen molar-refractivity contribution in [3.63, 3.8) is 0 Å². The van der Waals surface area contributed by atoms with E-state index in [1.165, 1.54) is 30.6 Å². The van der Waals surface area contributed by atoms with E-state index in [0.717, 1.165) is 4.88 Å². The lowest BCUT2D eigenvalue weighted by molar-refractivity contribution is 0.0595. The fourth-order valence-electron chi connectivity index (χ4n) is 1.58. The maximum atomic E-state index is 13.4. The van der Waals surface area contributed by atoms with Crippen molar-refractivity contribution in [3.05, 3.63) is 45.9 Å². The zero-order valence-corrected chi connectivity index (χ0v) is 11.1. The molecule has 0 saturated heterocycles. The molecule has 1 heterocycles. The molecule has 0 bridgehead atoms. The molecule has 0 unspecified atom stereocenters. The molecule has 4 nitrogen and oxygen atoms in total. The highest BCUT2D eigenvalue weighted by Gasteiger charge is 2.12. The first-order chi connectivity index (χ1) is 9.11. The van der Waals surface area contributed by atoms with Gasteiger partial charge in [0.05, 0.1) is 19.2 Å². The average Bonchev–Trinajstić information content (AvgIpc) is 2.82. The molecule has 1 aromatic heterocycles. The zero-order valence-electron chi connectivity index (χ0n) is 10.3. The molecule has 2 aromatic rings. The largest absolute Gasteiger partial charge is 0.465 e. The molecule has 19 heavy (non-hydrogen) atoms. The van der Waals surface area contributed by atoms with Gasteiger partial charge in [-0.2, -0.15) is 0 Å². The molecule has 2 rings (SSSR count). The summed E-state index contributed by atoms with van der Waals surface area (Å²) in [6.45, 7) is 0.524. The van der Waals surface area contributed by atoms with Crippen LogP contribution in [0.3, 0.4) is 0 Å². The van der Waals surface area contributed by atoms with Gasteiger partial charge >= 0.3 is 5.97 Å². The Balaban J connectivity index is 2.13. The molecule has 0 aliphatic heterocycles. The molecule has 0 saturated carbocycles. The van der Waals surface area contributed by atoms with Crippen LogP contribution in [0, 0.1) is 5.82 Å². The first-order valence-corrected chi connectivity index (χ1v) is 6.43. The Morgan fingerprint density at radius 1 is 1.47 bits per heavy atom. The van der Waals surface area contributed by atoms with Crippen LogP contribution >= 0.6 is 11.3 Å². The minimum absolute atomic E-state index is 0.0911. The SMILES string of the molecule is COC(=O)c1cc(NCc2sccc2N)ccc1F. The summed E-state index contributed by atoms with van der Waals surface area (Å²) in [6.07, 6.45) is 0. The molecular formula is C13H13FN2O2S. The van der Waals surface area contributed by atoms with Gasteiger partial charge in [0.15, 0.2) is 0 Å². The van der Waals surface area contributed by atoms with Gasteiger partial charge in [0, 0.05) is 16.3 Å². The summed E-state index contributed by atoms with van der Waals surface area (Å²) in [6, 6.07) is 6.04. The number of hydrogen-bond acceptors (Lipinski definition) is 5. The average molecular weight is 280 g/mol. The van der Waals surface area contributed by atoms with Crippen LogP contribution in [0.15, 0.2) is 29.6 Å². The number of nitrogens with two attached hydrogens (primary N) is 1. The summed E-state index contributed by atoms with van der Waals surface area (Å²) < 4.78 is 18.0. The maximum absolute atomic E-state index is 13.4. The minimum atomic E-state index is -0.697. The summed E-state index contributed by atoms with van der Waals surface area (Å²) in [5.74, 6) is -1.30. The van der Waals surface area contributed by atoms with Crippen molar-refractivity contribution in [2.24, 2.45) is 0 Å². The number of hydrogen-bond donors (Lipinski definition) is 2. The van der Waals surface area contributed by atoms with Crippen molar-refractivity contribution in [1.82, 2.24) is 0 Å². The number of carbonyl (C=O) groups excluding carboxylic acids is 1. The van der Waals surface area contributed by atoms with Crippen LogP contribution in [0.2, 0.25) is 0 Å². The standard InChI is InChI=1S/C13H13FN2O2S/c1-18-13(17)9-6-8(2-3-10(9)14)16-7-12-11(15)4-5-19-12/h2-6,16H,7,15H2,1H3. The smallest absolute Gasteiger partial charge is 0.340 e. The fourth-order valence-corrected chi connectivity index (χ4v) is 2.32. The number of anilines is 2. The summed E-state index contributed by atoms with van der Waals surface area (Å²) >= 11 is 1.53. The summed E-state index contributed by atoms with van der Waals surface area (Å²) in [5, 5.41) is 4.99. The Kier molecular flexibility index (Phi) is 4.01. The van der Waals surface area contributed by atoms with Crippen molar-refractivity contribution in [2.45, 2.75) is 6.54 Å². The van der Waals surface area contributed by atoms with Gasteiger partial charge in [-0.25, -0.2) is 9.18 Å². The van der Waals surface area contributed by atoms with E-state index in [2.05, 4.69) is 10.1 Å². The third-order valence-corrected chi connectivity index (χ3v) is 3.54. The van der Waals surface area contributed by atoms with Gasteiger partial charge < -0.3 is 15.8 Å². The van der Waals surface area contributed by atoms with Crippen molar-refractivity contribution >= 4 is 28.7 Å². The lowest BCUT2D eigenvalue weighted by atomic mass is 10.2. The van der Waals surface area contributed by atoms with Crippen LogP contribution in [0.5, 0.6) is 0 Å². The second-order valence-electron chi connectivity index (χ2n) is 3.84. The first kappa shape index (κ1) is 13.4. The number of nitrogens with one attached hydrogen (secondary N) is 1. The topological polar surface area (TPSA) is 64.3 Å². The third kappa shape index (κ3) is 3.03. The highest BCUT2D eigenvalue weighted by molar-refractivity contribution is 7.10. The number of halogens is 1. The molecule has 0 atom stereocenters. The Morgan fingerprint density at radius 2 is 2.26 bits per heavy atom. The Bertz CT molecular complexity index is 598. The van der Waals surface area contributed by atoms with Crippen LogP contribution in [-0.2, 0) is 11.3 Å². The van der Waals surface area contributed by atoms with Crippen LogP contribution in [-0.4, -0.2) is 13.1 Å². The number of rotatable bonds is 4.